The Bertz CT molecular complexity index is 1180. The number of carbonyl (C=O) groups is 3. The Hall–Kier alpha value is -4.39. The minimum Gasteiger partial charge on any atom is -0.497 e. The number of hydrogen-bond acceptors (Lipinski definition) is 4. The number of allylic oxidation sites excluding steroid dienone is 1. The number of aryl methyl sites for hydroxylation is 1. The zero-order chi connectivity index (χ0) is 26.5. The summed E-state index contributed by atoms with van der Waals surface area (Å²) >= 11 is 0. The molecule has 7 nitrogen and oxygen atoms in total. The molecular formula is C30H33N3O4. The number of carbonyl (C=O) groups excluding carboxylic acids is 3. The van der Waals surface area contributed by atoms with Gasteiger partial charge in [-0.1, -0.05) is 66.7 Å². The fourth-order valence-corrected chi connectivity index (χ4v) is 3.78. The number of amides is 3. The van der Waals surface area contributed by atoms with Crippen LogP contribution in [0.1, 0.15) is 24.5 Å². The van der Waals surface area contributed by atoms with Gasteiger partial charge in [0, 0.05) is 18.2 Å². The summed E-state index contributed by atoms with van der Waals surface area (Å²) in [5.41, 5.74) is 2.62. The number of hydrogen-bond donors (Lipinski definition) is 3. The summed E-state index contributed by atoms with van der Waals surface area (Å²) < 4.78 is 5.15. The third kappa shape index (κ3) is 9.64. The van der Waals surface area contributed by atoms with Gasteiger partial charge in [0.15, 0.2) is 5.78 Å². The first kappa shape index (κ1) is 27.2. The summed E-state index contributed by atoms with van der Waals surface area (Å²) in [7, 11) is 1.57. The van der Waals surface area contributed by atoms with Crippen molar-refractivity contribution in [1.29, 1.82) is 0 Å². The van der Waals surface area contributed by atoms with E-state index in [2.05, 4.69) is 16.0 Å². The zero-order valence-corrected chi connectivity index (χ0v) is 21.1. The molecule has 0 aliphatic carbocycles. The molecule has 0 radical (unpaired) electrons. The van der Waals surface area contributed by atoms with Gasteiger partial charge in [-0.15, -0.1) is 0 Å². The highest BCUT2D eigenvalue weighted by molar-refractivity contribution is 5.94. The monoisotopic (exact) mass is 499 g/mol. The van der Waals surface area contributed by atoms with Gasteiger partial charge < -0.3 is 20.7 Å². The average Bonchev–Trinajstić information content (AvgIpc) is 2.91. The Kier molecular flexibility index (Phi) is 10.5. The molecule has 192 valence electrons. The highest BCUT2D eigenvalue weighted by Crippen LogP contribution is 2.15. The van der Waals surface area contributed by atoms with E-state index in [4.69, 9.17) is 4.74 Å². The normalized spacial score (nSPS) is 12.4. The summed E-state index contributed by atoms with van der Waals surface area (Å²) in [5.74, 6) is 0.240. The molecule has 0 heterocycles. The van der Waals surface area contributed by atoms with Gasteiger partial charge in [0.1, 0.15) is 11.8 Å². The van der Waals surface area contributed by atoms with E-state index in [9.17, 15) is 14.4 Å². The van der Waals surface area contributed by atoms with Crippen LogP contribution in [0.3, 0.4) is 0 Å². The fraction of sp³-hybridized carbons (Fsp3) is 0.233. The number of anilines is 1. The van der Waals surface area contributed by atoms with E-state index in [0.29, 0.717) is 24.3 Å². The molecule has 0 aliphatic rings. The SMILES string of the molecule is COc1ccc(NC(=O)N[C@@H](Cc2ccccc2)C(=O)N[C@H](/C=C/C(C)=O)CCc2ccccc2)cc1. The molecule has 0 unspecified atom stereocenters. The second-order valence-electron chi connectivity index (χ2n) is 8.68. The minimum atomic E-state index is -0.828. The molecule has 0 aliphatic heterocycles. The quantitative estimate of drug-likeness (QED) is 0.315. The molecule has 2 atom stereocenters. The minimum absolute atomic E-state index is 0.100. The van der Waals surface area contributed by atoms with Crippen LogP contribution in [0.25, 0.3) is 0 Å². The Morgan fingerprint density at radius 1 is 0.838 bits per heavy atom. The third-order valence-corrected chi connectivity index (χ3v) is 5.73. The lowest BCUT2D eigenvalue weighted by Crippen LogP contribution is -2.51. The number of ketones is 1. The molecule has 3 aromatic rings. The Morgan fingerprint density at radius 3 is 2.05 bits per heavy atom. The van der Waals surface area contributed by atoms with Crippen molar-refractivity contribution in [3.63, 3.8) is 0 Å². The maximum absolute atomic E-state index is 13.4. The number of ether oxygens (including phenoxy) is 1. The van der Waals surface area contributed by atoms with E-state index in [1.54, 1.807) is 37.5 Å². The van der Waals surface area contributed by atoms with Crippen LogP contribution in [0.5, 0.6) is 5.75 Å². The summed E-state index contributed by atoms with van der Waals surface area (Å²) in [6.45, 7) is 1.47. The van der Waals surface area contributed by atoms with Crippen molar-refractivity contribution in [3.05, 3.63) is 108 Å². The van der Waals surface area contributed by atoms with Gasteiger partial charge >= 0.3 is 6.03 Å². The summed E-state index contributed by atoms with van der Waals surface area (Å²) in [6.07, 6.45) is 4.81. The zero-order valence-electron chi connectivity index (χ0n) is 21.1. The van der Waals surface area contributed by atoms with Crippen molar-refractivity contribution >= 4 is 23.4 Å². The van der Waals surface area contributed by atoms with Gasteiger partial charge in [-0.25, -0.2) is 4.79 Å². The van der Waals surface area contributed by atoms with Crippen LogP contribution in [0.15, 0.2) is 97.1 Å². The van der Waals surface area contributed by atoms with Gasteiger partial charge in [0.05, 0.1) is 7.11 Å². The molecule has 3 amide bonds. The number of urea groups is 1. The summed E-state index contributed by atoms with van der Waals surface area (Å²) in [6, 6.07) is 24.6. The van der Waals surface area contributed by atoms with Crippen LogP contribution in [0.2, 0.25) is 0 Å². The predicted octanol–water partition coefficient (Wildman–Crippen LogP) is 4.69. The van der Waals surface area contributed by atoms with Gasteiger partial charge in [-0.2, -0.15) is 0 Å². The van der Waals surface area contributed by atoms with Crippen molar-refractivity contribution in [1.82, 2.24) is 10.6 Å². The van der Waals surface area contributed by atoms with E-state index in [1.807, 2.05) is 60.7 Å². The average molecular weight is 500 g/mol. The molecule has 0 aromatic heterocycles. The molecule has 0 saturated heterocycles. The summed E-state index contributed by atoms with van der Waals surface area (Å²) in [4.78, 5) is 37.8. The lowest BCUT2D eigenvalue weighted by atomic mass is 10.0. The van der Waals surface area contributed by atoms with E-state index in [1.165, 1.54) is 13.0 Å². The van der Waals surface area contributed by atoms with Crippen molar-refractivity contribution < 1.29 is 19.1 Å². The third-order valence-electron chi connectivity index (χ3n) is 5.73. The van der Waals surface area contributed by atoms with E-state index in [0.717, 1.165) is 17.5 Å². The van der Waals surface area contributed by atoms with Crippen LogP contribution in [0.4, 0.5) is 10.5 Å². The highest BCUT2D eigenvalue weighted by Gasteiger charge is 2.23. The molecule has 0 bridgehead atoms. The second-order valence-corrected chi connectivity index (χ2v) is 8.68. The number of rotatable bonds is 12. The molecule has 3 N–H and O–H groups in total. The molecule has 3 rings (SSSR count). The Balaban J connectivity index is 1.72. The first-order chi connectivity index (χ1) is 17.9. The van der Waals surface area contributed by atoms with Crippen LogP contribution in [-0.4, -0.2) is 36.9 Å². The highest BCUT2D eigenvalue weighted by atomic mass is 16.5. The van der Waals surface area contributed by atoms with E-state index >= 15 is 0 Å². The Labute approximate surface area is 217 Å². The van der Waals surface area contributed by atoms with Crippen LogP contribution in [0, 0.1) is 0 Å². The van der Waals surface area contributed by atoms with E-state index in [-0.39, 0.29) is 17.7 Å². The van der Waals surface area contributed by atoms with Crippen molar-refractivity contribution in [2.24, 2.45) is 0 Å². The summed E-state index contributed by atoms with van der Waals surface area (Å²) in [5, 5.41) is 8.57. The van der Waals surface area contributed by atoms with Crippen molar-refractivity contribution in [3.8, 4) is 5.75 Å². The molecule has 7 heteroatoms. The molecule has 37 heavy (non-hydrogen) atoms. The van der Waals surface area contributed by atoms with E-state index < -0.39 is 12.1 Å². The standard InChI is InChI=1S/C30H33N3O4/c1-22(34)13-15-25(16-14-23-9-5-3-6-10-23)31-29(35)28(21-24-11-7-4-8-12-24)33-30(36)32-26-17-19-27(37-2)20-18-26/h3-13,15,17-20,25,28H,14,16,21H2,1-2H3,(H,31,35)(H2,32,33,36)/b15-13+/t25-,28+/m1/s1. The molecular weight excluding hydrogens is 466 g/mol. The second kappa shape index (κ2) is 14.2. The number of benzene rings is 3. The van der Waals surface area contributed by atoms with Crippen LogP contribution < -0.4 is 20.7 Å². The molecule has 0 saturated carbocycles. The first-order valence-corrected chi connectivity index (χ1v) is 12.2. The maximum Gasteiger partial charge on any atom is 0.319 e. The fourth-order valence-electron chi connectivity index (χ4n) is 3.78. The number of nitrogens with one attached hydrogen (secondary N) is 3. The molecule has 0 spiro atoms. The van der Waals surface area contributed by atoms with Gasteiger partial charge in [-0.3, -0.25) is 9.59 Å². The number of methoxy groups -OCH3 is 1. The van der Waals surface area contributed by atoms with Gasteiger partial charge in [-0.05, 0) is 61.2 Å². The van der Waals surface area contributed by atoms with Crippen molar-refractivity contribution in [2.45, 2.75) is 38.3 Å². The first-order valence-electron chi connectivity index (χ1n) is 12.2. The Morgan fingerprint density at radius 2 is 1.46 bits per heavy atom. The van der Waals surface area contributed by atoms with Crippen LogP contribution >= 0.6 is 0 Å². The molecule has 0 fully saturated rings. The lowest BCUT2D eigenvalue weighted by Gasteiger charge is -2.22. The van der Waals surface area contributed by atoms with Gasteiger partial charge in [0.25, 0.3) is 0 Å². The van der Waals surface area contributed by atoms with Crippen LogP contribution in [-0.2, 0) is 22.4 Å². The molecule has 3 aromatic carbocycles. The predicted molar refractivity (Wildman–Crippen MR) is 146 cm³/mol. The van der Waals surface area contributed by atoms with Crippen molar-refractivity contribution in [2.75, 3.05) is 12.4 Å². The maximum atomic E-state index is 13.4. The largest absolute Gasteiger partial charge is 0.497 e. The topological polar surface area (TPSA) is 96.5 Å². The lowest BCUT2D eigenvalue weighted by molar-refractivity contribution is -0.123. The smallest absolute Gasteiger partial charge is 0.319 e. The van der Waals surface area contributed by atoms with Gasteiger partial charge in [0.2, 0.25) is 5.91 Å².